The third-order valence-corrected chi connectivity index (χ3v) is 11.5. The molecule has 3 unspecified atom stereocenters. The molecule has 3 aromatic heterocycles. The number of terminal acetylenes is 1. The maximum atomic E-state index is 12.6. The average molecular weight is 1400 g/mol. The number of hydrogen-bond donors (Lipinski definition) is 3. The predicted octanol–water partition coefficient (Wildman–Crippen LogP) is 6.14. The van der Waals surface area contributed by atoms with Crippen LogP contribution in [0, 0.1) is 37.6 Å². The molecular formula is C51H37Cl2CuN3O16SnTc2-2. The second kappa shape index (κ2) is 29.7. The summed E-state index contributed by atoms with van der Waals surface area (Å²) in [5.41, 5.74) is 4.99. The van der Waals surface area contributed by atoms with E-state index < -0.39 is 70.1 Å². The fraction of sp³-hybridized carbons (Fsp3) is 0.176. The van der Waals surface area contributed by atoms with Gasteiger partial charge in [0.2, 0.25) is 17.3 Å². The van der Waals surface area contributed by atoms with Crippen molar-refractivity contribution in [2.24, 2.45) is 0 Å². The number of benzene rings is 3. The number of ketones is 3. The quantitative estimate of drug-likeness (QED) is 0.0537. The molecule has 3 aromatic carbocycles. The Balaban J connectivity index is 0.000000276. The monoisotopic (exact) mass is 1400 g/mol. The zero-order chi connectivity index (χ0) is 54.3. The number of halogens is 2. The van der Waals surface area contributed by atoms with Gasteiger partial charge in [-0.25, -0.2) is 0 Å². The van der Waals surface area contributed by atoms with Crippen molar-refractivity contribution in [2.75, 3.05) is 0 Å². The fourth-order valence-corrected chi connectivity index (χ4v) is 8.33. The Morgan fingerprint density at radius 2 is 0.776 bits per heavy atom. The first-order valence-corrected chi connectivity index (χ1v) is 31.6. The first kappa shape index (κ1) is 63.8. The number of carboxylic acids is 3. The van der Waals surface area contributed by atoms with Gasteiger partial charge in [0.1, 0.15) is 23.4 Å². The van der Waals surface area contributed by atoms with Gasteiger partial charge in [-0.15, -0.1) is 12.2 Å². The van der Waals surface area contributed by atoms with Gasteiger partial charge in [-0.2, -0.15) is 0 Å². The minimum atomic E-state index is -5.94. The summed E-state index contributed by atoms with van der Waals surface area (Å²) in [6.45, 7) is 1.60. The minimum absolute atomic E-state index is 0. The van der Waals surface area contributed by atoms with Gasteiger partial charge in [-0.05, 0) is 128 Å². The number of carboxylic acid groups (broad SMARTS) is 3. The second-order valence-corrected chi connectivity index (χ2v) is 21.7. The third-order valence-electron chi connectivity index (χ3n) is 11.5. The summed E-state index contributed by atoms with van der Waals surface area (Å²) in [4.78, 5) is 71.2. The SMILES string of the molecule is C#COc1ccc(C(=O)c2ccc3n2CCC3C(=O)O)cc1.[99Tc].[C-]#COc1ccc(C(=O)c2ccc3n2CCC3C(=O)O)cc1.[C-]#COc1ccc(C(=O)c2ccc3n2CCC3C(=O)O)cc1.[Cl][Sn][Cl].[Cu+].[O]=[Tc](=[O])(=[O])[O-]. The van der Waals surface area contributed by atoms with Crippen LogP contribution in [0.2, 0.25) is 0 Å². The van der Waals surface area contributed by atoms with E-state index in [9.17, 15) is 44.1 Å². The van der Waals surface area contributed by atoms with Crippen LogP contribution < -0.4 is 18.1 Å². The van der Waals surface area contributed by atoms with Crippen LogP contribution in [0.1, 0.15) is 102 Å². The molecule has 0 fully saturated rings. The van der Waals surface area contributed by atoms with Gasteiger partial charge in [0.15, 0.2) is 0 Å². The van der Waals surface area contributed by atoms with E-state index in [4.69, 9.17) is 65.7 Å². The van der Waals surface area contributed by atoms with E-state index in [0.717, 1.165) is 0 Å². The van der Waals surface area contributed by atoms with Crippen LogP contribution in [-0.2, 0) is 97.2 Å². The Labute approximate surface area is 478 Å². The number of ether oxygens (including phenoxy) is 3. The number of carbonyl (C=O) groups is 6. The first-order valence-electron chi connectivity index (χ1n) is 21.3. The molecule has 0 saturated heterocycles. The van der Waals surface area contributed by atoms with E-state index in [2.05, 4.69) is 6.11 Å². The number of aromatic nitrogens is 3. The fourth-order valence-electron chi connectivity index (χ4n) is 8.33. The molecule has 3 radical (unpaired) electrons. The number of nitrogens with zero attached hydrogens (tertiary/aromatic N) is 3. The molecule has 76 heavy (non-hydrogen) atoms. The summed E-state index contributed by atoms with van der Waals surface area (Å²) in [7, 11) is 9.87. The Hall–Kier alpha value is -6.44. The van der Waals surface area contributed by atoms with Gasteiger partial charge in [0, 0.05) is 73.5 Å². The topological polar surface area (TPSA) is 280 Å². The van der Waals surface area contributed by atoms with Crippen LogP contribution >= 0.6 is 17.8 Å². The zero-order valence-corrected chi connectivity index (χ0v) is 47.8. The van der Waals surface area contributed by atoms with E-state index in [1.54, 1.807) is 123 Å². The Morgan fingerprint density at radius 1 is 0.539 bits per heavy atom. The summed E-state index contributed by atoms with van der Waals surface area (Å²) in [6.07, 6.45) is 25.7. The van der Waals surface area contributed by atoms with Gasteiger partial charge >= 0.3 is 102 Å². The van der Waals surface area contributed by atoms with E-state index in [-0.39, 0.29) is 54.5 Å². The summed E-state index contributed by atoms with van der Waals surface area (Å²) < 4.78 is 54.3. The van der Waals surface area contributed by atoms with Crippen molar-refractivity contribution in [2.45, 2.75) is 56.7 Å². The van der Waals surface area contributed by atoms with Crippen molar-refractivity contribution in [3.05, 3.63) is 173 Å². The zero-order valence-electron chi connectivity index (χ0n) is 38.7. The maximum absolute atomic E-state index is 12.6. The molecule has 397 valence electrons. The summed E-state index contributed by atoms with van der Waals surface area (Å²) >= 11 is -6.77. The van der Waals surface area contributed by atoms with Crippen LogP contribution in [0.4, 0.5) is 0 Å². The number of aliphatic carboxylic acids is 3. The summed E-state index contributed by atoms with van der Waals surface area (Å²) in [5.74, 6) is -3.32. The normalized spacial score (nSPS) is 14.8. The van der Waals surface area contributed by atoms with Gasteiger partial charge in [-0.3, -0.25) is 28.8 Å². The number of rotatable bonds is 12. The summed E-state index contributed by atoms with van der Waals surface area (Å²) in [6, 6.07) is 29.5. The molecule has 0 saturated carbocycles. The second-order valence-electron chi connectivity index (χ2n) is 15.6. The Morgan fingerprint density at radius 3 is 0.987 bits per heavy atom. The Bertz CT molecular complexity index is 3050. The van der Waals surface area contributed by atoms with Crippen LogP contribution in [0.3, 0.4) is 0 Å². The standard InChI is InChI=1S/C17H13NO4.2C17H12NO4.2ClH.Cu.4O.Sn.2Tc/c3*1-2-22-12-5-3-11(4-6-12)16(19)15-8-7-14-13(17(20)21)9-10-18(14)15;;;;;;;;;;/h1,3-8,13H,9-10H2,(H,20,21);2*3-8,13H,9-10H2,(H,20,21);2*1H;;;;;;;;/q;2*-1;;;+1;;;;-1;+2;;/p-2/i;;;;;;;;;;;1+1;. The molecule has 19 nitrogen and oxygen atoms in total. The molecule has 0 spiro atoms. The van der Waals surface area contributed by atoms with E-state index >= 15 is 0 Å². The predicted molar refractivity (Wildman–Crippen MR) is 252 cm³/mol. The van der Waals surface area contributed by atoms with Crippen molar-refractivity contribution in [3.63, 3.8) is 0 Å². The molecule has 3 atom stereocenters. The molecule has 9 rings (SSSR count). The molecule has 6 aromatic rings. The van der Waals surface area contributed by atoms with Crippen molar-refractivity contribution in [3.8, 4) is 42.0 Å². The van der Waals surface area contributed by atoms with Gasteiger partial charge < -0.3 is 56.1 Å². The average Bonchev–Trinajstić information content (AvgIpc) is 4.22. The number of hydrogen-bond acceptors (Lipinski definition) is 13. The molecule has 25 heteroatoms. The molecule has 3 N–H and O–H groups in total. The third kappa shape index (κ3) is 16.5. The molecule has 0 aliphatic carbocycles. The van der Waals surface area contributed by atoms with Gasteiger partial charge in [0.25, 0.3) is 0 Å². The summed E-state index contributed by atoms with van der Waals surface area (Å²) in [5, 5.41) is 27.5. The van der Waals surface area contributed by atoms with Crippen molar-refractivity contribution < 1.29 is 125 Å². The van der Waals surface area contributed by atoms with Crippen molar-refractivity contribution in [1.29, 1.82) is 0 Å². The Kier molecular flexibility index (Phi) is 25.0. The van der Waals surface area contributed by atoms with Crippen molar-refractivity contribution in [1.82, 2.24) is 13.7 Å². The van der Waals surface area contributed by atoms with Gasteiger partial charge in [-0.1, -0.05) is 6.42 Å². The first-order chi connectivity index (χ1) is 35.3. The van der Waals surface area contributed by atoms with Crippen LogP contribution in [0.15, 0.2) is 109 Å². The molecule has 0 bridgehead atoms. The van der Waals surface area contributed by atoms with Gasteiger partial charge in [0.05, 0.1) is 34.8 Å². The van der Waals surface area contributed by atoms with Crippen molar-refractivity contribution >= 4 is 72.0 Å². The molecular weight excluding hydrogens is 1360 g/mol. The van der Waals surface area contributed by atoms with E-state index in [0.29, 0.717) is 107 Å². The van der Waals surface area contributed by atoms with Crippen LogP contribution in [0.25, 0.3) is 0 Å². The molecule has 3 aliphatic heterocycles. The van der Waals surface area contributed by atoms with E-state index in [1.165, 1.54) is 0 Å². The van der Waals surface area contributed by atoms with Crippen LogP contribution in [0.5, 0.6) is 17.2 Å². The number of fused-ring (bicyclic) bond motifs is 3. The van der Waals surface area contributed by atoms with Crippen LogP contribution in [-0.4, -0.2) is 83.2 Å². The molecule has 0 amide bonds. The number of carbonyl (C=O) groups excluding carboxylic acids is 3. The molecule has 3 aliphatic rings. The van der Waals surface area contributed by atoms with E-state index in [1.807, 2.05) is 12.2 Å². The molecule has 6 heterocycles.